The fraction of sp³-hybridized carbons (Fsp3) is 0.0556. The number of rotatable bonds is 4. The number of aromatic hydroxyl groups is 1. The molecular formula is C18H13ClN2O3S2. The monoisotopic (exact) mass is 404 g/mol. The van der Waals surface area contributed by atoms with E-state index in [4.69, 9.17) is 23.8 Å². The second-order valence-corrected chi connectivity index (χ2v) is 7.47. The molecule has 1 saturated heterocycles. The van der Waals surface area contributed by atoms with Crippen molar-refractivity contribution in [1.29, 1.82) is 0 Å². The van der Waals surface area contributed by atoms with Gasteiger partial charge in [0.25, 0.3) is 5.91 Å². The van der Waals surface area contributed by atoms with E-state index in [0.717, 1.165) is 11.8 Å². The Morgan fingerprint density at radius 3 is 2.77 bits per heavy atom. The number of nitrogens with zero attached hydrogens (tertiary/aromatic N) is 1. The van der Waals surface area contributed by atoms with E-state index in [2.05, 4.69) is 5.32 Å². The van der Waals surface area contributed by atoms with E-state index in [0.29, 0.717) is 25.5 Å². The molecule has 1 fully saturated rings. The molecule has 0 atom stereocenters. The third kappa shape index (κ3) is 4.24. The molecule has 0 radical (unpaired) electrons. The van der Waals surface area contributed by atoms with Gasteiger partial charge >= 0.3 is 0 Å². The van der Waals surface area contributed by atoms with E-state index in [9.17, 15) is 14.7 Å². The number of hydrogen-bond acceptors (Lipinski definition) is 5. The van der Waals surface area contributed by atoms with E-state index in [1.807, 2.05) is 6.07 Å². The van der Waals surface area contributed by atoms with Crippen LogP contribution in [0.15, 0.2) is 53.4 Å². The fourth-order valence-electron chi connectivity index (χ4n) is 2.30. The number of thiocarbonyl (C=S) groups is 1. The van der Waals surface area contributed by atoms with Gasteiger partial charge in [0.2, 0.25) is 5.91 Å². The highest BCUT2D eigenvalue weighted by atomic mass is 35.5. The first-order valence-corrected chi connectivity index (χ1v) is 9.13. The first-order valence-electron chi connectivity index (χ1n) is 7.53. The Kier molecular flexibility index (Phi) is 5.61. The number of anilines is 1. The minimum absolute atomic E-state index is 0.0380. The number of halogens is 1. The molecule has 5 nitrogen and oxygen atoms in total. The van der Waals surface area contributed by atoms with Gasteiger partial charge in [0, 0.05) is 16.8 Å². The van der Waals surface area contributed by atoms with E-state index >= 15 is 0 Å². The molecule has 2 aromatic carbocycles. The van der Waals surface area contributed by atoms with Gasteiger partial charge in [-0.1, -0.05) is 59.8 Å². The van der Waals surface area contributed by atoms with Crippen molar-refractivity contribution in [2.45, 2.75) is 0 Å². The molecule has 0 spiro atoms. The van der Waals surface area contributed by atoms with Crippen LogP contribution in [0.1, 0.15) is 5.56 Å². The Morgan fingerprint density at radius 2 is 2.04 bits per heavy atom. The molecule has 2 aromatic rings. The summed E-state index contributed by atoms with van der Waals surface area (Å²) in [5, 5.41) is 12.6. The van der Waals surface area contributed by atoms with Gasteiger partial charge in [-0.25, -0.2) is 0 Å². The van der Waals surface area contributed by atoms with Gasteiger partial charge in [-0.3, -0.25) is 14.5 Å². The highest BCUT2D eigenvalue weighted by Gasteiger charge is 2.33. The Labute approximate surface area is 164 Å². The Bertz CT molecular complexity index is 930. The van der Waals surface area contributed by atoms with Crippen molar-refractivity contribution in [1.82, 2.24) is 4.90 Å². The number of carbonyl (C=O) groups excluding carboxylic acids is 2. The summed E-state index contributed by atoms with van der Waals surface area (Å²) in [6.45, 7) is -0.208. The molecule has 1 aliphatic rings. The summed E-state index contributed by atoms with van der Waals surface area (Å²) in [6, 6.07) is 13.3. The molecular weight excluding hydrogens is 392 g/mol. The van der Waals surface area contributed by atoms with Gasteiger partial charge < -0.3 is 10.4 Å². The topological polar surface area (TPSA) is 69.6 Å². The zero-order valence-corrected chi connectivity index (χ0v) is 15.7. The summed E-state index contributed by atoms with van der Waals surface area (Å²) in [7, 11) is 0. The summed E-state index contributed by atoms with van der Waals surface area (Å²) in [5.74, 6) is -0.715. The number of carbonyl (C=O) groups is 2. The largest absolute Gasteiger partial charge is 0.508 e. The molecule has 0 aliphatic carbocycles. The highest BCUT2D eigenvalue weighted by Crippen LogP contribution is 2.33. The summed E-state index contributed by atoms with van der Waals surface area (Å²) in [5.41, 5.74) is 1.14. The summed E-state index contributed by atoms with van der Waals surface area (Å²) in [6.07, 6.45) is 1.66. The van der Waals surface area contributed by atoms with Gasteiger partial charge in [0.05, 0.1) is 4.91 Å². The van der Waals surface area contributed by atoms with E-state index in [1.165, 1.54) is 17.0 Å². The van der Waals surface area contributed by atoms with E-state index in [1.54, 1.807) is 36.4 Å². The van der Waals surface area contributed by atoms with Crippen LogP contribution in [0.2, 0.25) is 5.02 Å². The van der Waals surface area contributed by atoms with Crippen LogP contribution in [0.5, 0.6) is 5.75 Å². The van der Waals surface area contributed by atoms with Crippen molar-refractivity contribution >= 4 is 63.5 Å². The predicted molar refractivity (Wildman–Crippen MR) is 108 cm³/mol. The summed E-state index contributed by atoms with van der Waals surface area (Å²) < 4.78 is 0.305. The Balaban J connectivity index is 1.71. The molecule has 3 rings (SSSR count). The van der Waals surface area contributed by atoms with Gasteiger partial charge in [-0.05, 0) is 29.8 Å². The lowest BCUT2D eigenvalue weighted by atomic mass is 10.2. The van der Waals surface area contributed by atoms with Crippen LogP contribution in [0.4, 0.5) is 5.69 Å². The summed E-state index contributed by atoms with van der Waals surface area (Å²) in [4.78, 5) is 26.4. The molecule has 0 aromatic heterocycles. The van der Waals surface area contributed by atoms with Crippen molar-refractivity contribution in [3.8, 4) is 5.75 Å². The number of thioether (sulfide) groups is 1. The fourth-order valence-corrected chi connectivity index (χ4v) is 3.73. The zero-order valence-electron chi connectivity index (χ0n) is 13.3. The van der Waals surface area contributed by atoms with Crippen LogP contribution in [0.3, 0.4) is 0 Å². The predicted octanol–water partition coefficient (Wildman–Crippen LogP) is 3.89. The second-order valence-electron chi connectivity index (χ2n) is 5.39. The van der Waals surface area contributed by atoms with Crippen LogP contribution in [-0.4, -0.2) is 32.7 Å². The van der Waals surface area contributed by atoms with E-state index < -0.39 is 5.91 Å². The van der Waals surface area contributed by atoms with E-state index in [-0.39, 0.29) is 18.2 Å². The normalized spacial score (nSPS) is 15.6. The first-order chi connectivity index (χ1) is 12.4. The van der Waals surface area contributed by atoms with Crippen molar-refractivity contribution < 1.29 is 14.7 Å². The minimum atomic E-state index is -0.411. The van der Waals surface area contributed by atoms with Gasteiger partial charge in [0.1, 0.15) is 16.6 Å². The van der Waals surface area contributed by atoms with Crippen LogP contribution >= 0.6 is 35.6 Å². The number of amides is 2. The van der Waals surface area contributed by atoms with Gasteiger partial charge in [-0.2, -0.15) is 0 Å². The van der Waals surface area contributed by atoms with Crippen molar-refractivity contribution in [3.05, 3.63) is 64.0 Å². The summed E-state index contributed by atoms with van der Waals surface area (Å²) >= 11 is 12.5. The molecule has 2 amide bonds. The third-order valence-corrected chi connectivity index (χ3v) is 5.22. The Hall–Kier alpha value is -2.35. The second kappa shape index (κ2) is 7.90. The number of hydrogen-bond donors (Lipinski definition) is 2. The lowest BCUT2D eigenvalue weighted by Gasteiger charge is -2.14. The molecule has 2 N–H and O–H groups in total. The first kappa shape index (κ1) is 18.4. The lowest BCUT2D eigenvalue weighted by molar-refractivity contribution is -0.126. The smallest absolute Gasteiger partial charge is 0.266 e. The molecule has 1 aliphatic heterocycles. The maximum absolute atomic E-state index is 12.6. The number of nitrogens with one attached hydrogen (secondary N) is 1. The maximum Gasteiger partial charge on any atom is 0.266 e. The van der Waals surface area contributed by atoms with Crippen LogP contribution in [0, 0.1) is 0 Å². The zero-order chi connectivity index (χ0) is 18.7. The Morgan fingerprint density at radius 1 is 1.27 bits per heavy atom. The van der Waals surface area contributed by atoms with Gasteiger partial charge in [-0.15, -0.1) is 0 Å². The maximum atomic E-state index is 12.6. The van der Waals surface area contributed by atoms with Crippen LogP contribution < -0.4 is 5.32 Å². The molecule has 132 valence electrons. The quantitative estimate of drug-likeness (QED) is 0.597. The third-order valence-electron chi connectivity index (χ3n) is 3.50. The highest BCUT2D eigenvalue weighted by molar-refractivity contribution is 8.26. The standard InChI is InChI=1S/C18H13ClN2O3S2/c19-14-7-2-1-4-11(14)8-15-17(24)21(18(25)26-15)10-16(23)20-12-5-3-6-13(22)9-12/h1-9,22H,10H2,(H,20,23). The molecule has 0 unspecified atom stereocenters. The molecule has 8 heteroatoms. The van der Waals surface area contributed by atoms with Gasteiger partial charge in [0.15, 0.2) is 0 Å². The van der Waals surface area contributed by atoms with Crippen LogP contribution in [-0.2, 0) is 9.59 Å². The molecule has 1 heterocycles. The number of phenols is 1. The molecule has 26 heavy (non-hydrogen) atoms. The SMILES string of the molecule is O=C(CN1C(=O)C(=Cc2ccccc2Cl)SC1=S)Nc1cccc(O)c1. The number of benzene rings is 2. The van der Waals surface area contributed by atoms with Crippen molar-refractivity contribution in [2.24, 2.45) is 0 Å². The van der Waals surface area contributed by atoms with Crippen LogP contribution in [0.25, 0.3) is 6.08 Å². The van der Waals surface area contributed by atoms with Crippen molar-refractivity contribution in [3.63, 3.8) is 0 Å². The average molecular weight is 405 g/mol. The minimum Gasteiger partial charge on any atom is -0.508 e. The lowest BCUT2D eigenvalue weighted by Crippen LogP contribution is -2.36. The molecule has 0 saturated carbocycles. The average Bonchev–Trinajstić information content (AvgIpc) is 2.84. The molecule has 0 bridgehead atoms. The number of phenolic OH excluding ortho intramolecular Hbond substituents is 1. The van der Waals surface area contributed by atoms with Crippen molar-refractivity contribution in [2.75, 3.05) is 11.9 Å².